The van der Waals surface area contributed by atoms with Crippen LogP contribution in [0.1, 0.15) is 79.7 Å². The molecule has 7 aromatic rings. The quantitative estimate of drug-likeness (QED) is 0.0865. The third-order valence-electron chi connectivity index (χ3n) is 10.5. The summed E-state index contributed by atoms with van der Waals surface area (Å²) in [7, 11) is 1.38. The first-order valence-corrected chi connectivity index (χ1v) is 20.5. The number of rotatable bonds is 11. The van der Waals surface area contributed by atoms with Gasteiger partial charge in [-0.2, -0.15) is 5.26 Å². The third kappa shape index (κ3) is 7.28. The number of aryl methyl sites for hydroxylation is 3. The second-order valence-electron chi connectivity index (χ2n) is 14.1. The molecule has 4 aromatic carbocycles. The Kier molecular flexibility index (Phi) is 10.7. The van der Waals surface area contributed by atoms with Gasteiger partial charge in [-0.3, -0.25) is 19.1 Å². The molecular weight excluding hydrogens is 765 g/mol. The summed E-state index contributed by atoms with van der Waals surface area (Å²) in [6, 6.07) is 29.7. The molecule has 13 heteroatoms. The van der Waals surface area contributed by atoms with Crippen molar-refractivity contribution in [1.82, 2.24) is 25.1 Å². The number of nitrogens with zero attached hydrogens (tertiary/aromatic N) is 5. The monoisotopic (exact) mass is 804 g/mol. The zero-order valence-corrected chi connectivity index (χ0v) is 34.3. The van der Waals surface area contributed by atoms with Crippen molar-refractivity contribution in [2.75, 3.05) is 11.8 Å². The molecule has 1 amide bonds. The van der Waals surface area contributed by atoms with E-state index in [4.69, 9.17) is 9.73 Å². The molecule has 0 unspecified atom stereocenters. The molecule has 58 heavy (non-hydrogen) atoms. The van der Waals surface area contributed by atoms with E-state index in [0.29, 0.717) is 23.5 Å². The molecule has 1 aliphatic rings. The summed E-state index contributed by atoms with van der Waals surface area (Å²) in [4.78, 5) is 36.2. The molecule has 4 heterocycles. The predicted molar refractivity (Wildman–Crippen MR) is 230 cm³/mol. The molecule has 0 fully saturated rings. The van der Waals surface area contributed by atoms with Crippen LogP contribution in [-0.2, 0) is 22.5 Å². The van der Waals surface area contributed by atoms with Crippen LogP contribution < -0.4 is 10.0 Å². The smallest absolute Gasteiger partial charge is 0.308 e. The molecule has 3 N–H and O–H groups in total. The molecule has 0 saturated carbocycles. The summed E-state index contributed by atoms with van der Waals surface area (Å²) < 4.78 is 10.5. The fourth-order valence-corrected chi connectivity index (χ4v) is 9.15. The molecule has 0 saturated heterocycles. The minimum absolute atomic E-state index is 0.0476. The van der Waals surface area contributed by atoms with Crippen molar-refractivity contribution in [1.29, 1.82) is 5.26 Å². The molecule has 1 aliphatic heterocycles. The van der Waals surface area contributed by atoms with Crippen molar-refractivity contribution < 1.29 is 14.3 Å². The number of aromatic nitrogens is 4. The lowest BCUT2D eigenvalue weighted by Crippen LogP contribution is -2.22. The van der Waals surface area contributed by atoms with Gasteiger partial charge in [0, 0.05) is 44.6 Å². The molecule has 0 aliphatic carbocycles. The summed E-state index contributed by atoms with van der Waals surface area (Å²) in [5.74, 6) is 0.834. The Bertz CT molecular complexity index is 2760. The van der Waals surface area contributed by atoms with Crippen molar-refractivity contribution >= 4 is 57.5 Å². The number of nitriles is 1. The predicted octanol–water partition coefficient (Wildman–Crippen LogP) is 9.34. The molecule has 290 valence electrons. The number of esters is 1. The third-order valence-corrected chi connectivity index (χ3v) is 12.6. The normalized spacial score (nSPS) is 13.2. The Labute approximate surface area is 344 Å². The highest BCUT2D eigenvalue weighted by Gasteiger charge is 2.32. The average Bonchev–Trinajstić information content (AvgIpc) is 3.92. The van der Waals surface area contributed by atoms with Crippen molar-refractivity contribution in [2.24, 2.45) is 4.99 Å². The number of aliphatic imine (C=N–C) groups is 1. The van der Waals surface area contributed by atoms with Gasteiger partial charge in [-0.15, -0.1) is 21.5 Å². The van der Waals surface area contributed by atoms with Crippen molar-refractivity contribution in [3.63, 3.8) is 0 Å². The number of methoxy groups -OCH3 is 1. The zero-order chi connectivity index (χ0) is 40.5. The summed E-state index contributed by atoms with van der Waals surface area (Å²) in [5, 5.41) is 23.3. The van der Waals surface area contributed by atoms with E-state index in [0.717, 1.165) is 83.4 Å². The molecule has 0 spiro atoms. The highest BCUT2D eigenvalue weighted by atomic mass is 32.2. The summed E-state index contributed by atoms with van der Waals surface area (Å²) in [5.41, 5.74) is 11.0. The van der Waals surface area contributed by atoms with Crippen LogP contribution in [0.5, 0.6) is 0 Å². The number of benzene rings is 4. The van der Waals surface area contributed by atoms with E-state index in [2.05, 4.69) is 82.4 Å². The van der Waals surface area contributed by atoms with Crippen molar-refractivity contribution in [2.45, 2.75) is 58.0 Å². The van der Waals surface area contributed by atoms with Crippen LogP contribution in [0.25, 0.3) is 27.0 Å². The van der Waals surface area contributed by atoms with Crippen molar-refractivity contribution in [3.05, 3.63) is 147 Å². The Morgan fingerprint density at radius 2 is 1.66 bits per heavy atom. The van der Waals surface area contributed by atoms with Crippen molar-refractivity contribution in [3.8, 4) is 22.2 Å². The second-order valence-corrected chi connectivity index (χ2v) is 16.1. The fraction of sp³-hybridized carbons (Fsp3) is 0.200. The van der Waals surface area contributed by atoms with Crippen LogP contribution in [0.4, 0.5) is 5.69 Å². The number of anilines is 1. The number of fused-ring (bicyclic) bond motifs is 4. The van der Waals surface area contributed by atoms with Gasteiger partial charge in [-0.1, -0.05) is 61.5 Å². The van der Waals surface area contributed by atoms with Gasteiger partial charge in [0.25, 0.3) is 5.91 Å². The van der Waals surface area contributed by atoms with Crippen LogP contribution in [0.3, 0.4) is 0 Å². The minimum atomic E-state index is -0.561. The van der Waals surface area contributed by atoms with E-state index < -0.39 is 6.04 Å². The van der Waals surface area contributed by atoms with Crippen LogP contribution in [0.2, 0.25) is 0 Å². The van der Waals surface area contributed by atoms with E-state index in [1.807, 2.05) is 66.1 Å². The Morgan fingerprint density at radius 1 is 0.948 bits per heavy atom. The average molecular weight is 805 g/mol. The summed E-state index contributed by atoms with van der Waals surface area (Å²) in [6.07, 6.45) is 2.65. The van der Waals surface area contributed by atoms with Gasteiger partial charge < -0.3 is 19.8 Å². The van der Waals surface area contributed by atoms with Gasteiger partial charge in [0.05, 0.1) is 36.0 Å². The van der Waals surface area contributed by atoms with Crippen LogP contribution in [0, 0.1) is 32.1 Å². The standard InChI is InChI=1S/C45H40N8O3S2/c1-6-29-17-20-36(42-40(29)34(22-46)24-47-42)52-58-35-18-7-28(8-19-35)23-48-44(55)33-15-11-31(12-16-33)30-9-13-32(14-10-30)41-39-25(2)26(3)57-45(39)53-27(4)50-51-43(53)37(49-41)21-38(54)56-5/h7-20,24,37,47,52H,6,21,23H2,1-5H3,(H,48,55)/t37-/m0/s1. The Morgan fingerprint density at radius 3 is 2.34 bits per heavy atom. The SMILES string of the molecule is CCc1ccc(NSc2ccc(CNC(=O)c3ccc(-c4ccc(C5=N[C@@H](CC(=O)OC)c6nnc(C)n6-c6sc(C)c(C)c65)cc4)cc3)cc2)c2[nH]cc(C#N)c12. The summed E-state index contributed by atoms with van der Waals surface area (Å²) in [6.45, 7) is 8.59. The number of carbonyl (C=O) groups is 2. The molecule has 0 radical (unpaired) electrons. The first kappa shape index (κ1) is 38.4. The van der Waals surface area contributed by atoms with E-state index in [9.17, 15) is 14.9 Å². The molecule has 8 rings (SSSR count). The molecular formula is C45H40N8O3S2. The minimum Gasteiger partial charge on any atom is -0.469 e. The first-order valence-electron chi connectivity index (χ1n) is 18.9. The van der Waals surface area contributed by atoms with E-state index in [1.54, 1.807) is 17.5 Å². The molecule has 11 nitrogen and oxygen atoms in total. The number of hydrogen-bond donors (Lipinski definition) is 3. The van der Waals surface area contributed by atoms with E-state index in [-0.39, 0.29) is 18.3 Å². The maximum absolute atomic E-state index is 13.1. The van der Waals surface area contributed by atoms with E-state index in [1.165, 1.54) is 23.9 Å². The lowest BCUT2D eigenvalue weighted by atomic mass is 9.96. The van der Waals surface area contributed by atoms with Gasteiger partial charge in [-0.25, -0.2) is 0 Å². The number of H-pyrrole nitrogens is 1. The number of aromatic amines is 1. The first-order chi connectivity index (χ1) is 28.2. The highest BCUT2D eigenvalue weighted by Crippen LogP contribution is 2.40. The maximum atomic E-state index is 13.1. The van der Waals surface area contributed by atoms with Gasteiger partial charge >= 0.3 is 5.97 Å². The molecule has 1 atom stereocenters. The Balaban J connectivity index is 0.922. The molecule has 3 aromatic heterocycles. The fourth-order valence-electron chi connectivity index (χ4n) is 7.26. The highest BCUT2D eigenvalue weighted by molar-refractivity contribution is 8.00. The number of amides is 1. The number of thiophene rings is 1. The van der Waals surface area contributed by atoms with E-state index >= 15 is 0 Å². The molecule has 0 bridgehead atoms. The number of ether oxygens (including phenoxy) is 1. The van der Waals surface area contributed by atoms with Gasteiger partial charge in [0.2, 0.25) is 0 Å². The van der Waals surface area contributed by atoms with Crippen LogP contribution in [-0.4, -0.2) is 44.4 Å². The van der Waals surface area contributed by atoms with Gasteiger partial charge in [0.1, 0.15) is 22.9 Å². The maximum Gasteiger partial charge on any atom is 0.308 e. The Hall–Kier alpha value is -6.49. The lowest BCUT2D eigenvalue weighted by molar-refractivity contribution is -0.141. The lowest BCUT2D eigenvalue weighted by Gasteiger charge is -2.12. The number of carbonyl (C=O) groups excluding carboxylic acids is 2. The van der Waals surface area contributed by atoms with Gasteiger partial charge in [-0.05, 0) is 97.3 Å². The topological polar surface area (TPSA) is 150 Å². The van der Waals surface area contributed by atoms with Gasteiger partial charge in [0.15, 0.2) is 5.82 Å². The largest absolute Gasteiger partial charge is 0.469 e. The zero-order valence-electron chi connectivity index (χ0n) is 32.6. The summed E-state index contributed by atoms with van der Waals surface area (Å²) >= 11 is 3.16. The van der Waals surface area contributed by atoms with Crippen LogP contribution >= 0.6 is 23.3 Å². The van der Waals surface area contributed by atoms with Crippen LogP contribution in [0.15, 0.2) is 101 Å². The number of hydrogen-bond acceptors (Lipinski definition) is 10. The number of nitrogens with one attached hydrogen (secondary N) is 3. The second kappa shape index (κ2) is 16.2.